The van der Waals surface area contributed by atoms with Crippen molar-refractivity contribution in [3.63, 3.8) is 0 Å². The van der Waals surface area contributed by atoms with Gasteiger partial charge >= 0.3 is 0 Å². The zero-order valence-corrected chi connectivity index (χ0v) is 16.1. The zero-order chi connectivity index (χ0) is 19.3. The Bertz CT molecular complexity index is 895. The van der Waals surface area contributed by atoms with Crippen LogP contribution in [-0.4, -0.2) is 49.7 Å². The molecule has 0 saturated carbocycles. The van der Waals surface area contributed by atoms with Gasteiger partial charge in [0.2, 0.25) is 0 Å². The van der Waals surface area contributed by atoms with Crippen LogP contribution >= 0.6 is 0 Å². The second-order valence-electron chi connectivity index (χ2n) is 6.57. The smallest absolute Gasteiger partial charge is 0.132 e. The Labute approximate surface area is 164 Å². The molecule has 1 fully saturated rings. The van der Waals surface area contributed by atoms with Crippen LogP contribution in [0.25, 0.3) is 22.5 Å². The molecule has 28 heavy (non-hydrogen) atoms. The van der Waals surface area contributed by atoms with Crippen molar-refractivity contribution in [1.29, 1.82) is 0 Å². The van der Waals surface area contributed by atoms with Crippen molar-refractivity contribution in [1.82, 2.24) is 9.55 Å². The van der Waals surface area contributed by atoms with E-state index in [-0.39, 0.29) is 6.10 Å². The number of nitrogens with zero attached hydrogens (tertiary/aromatic N) is 2. The molecular weight excluding hydrogens is 356 g/mol. The van der Waals surface area contributed by atoms with Gasteiger partial charge in [-0.3, -0.25) is 0 Å². The maximum Gasteiger partial charge on any atom is 0.132 e. The van der Waals surface area contributed by atoms with E-state index in [9.17, 15) is 0 Å². The van der Waals surface area contributed by atoms with Crippen LogP contribution in [0.5, 0.6) is 11.5 Å². The number of hydrogen-bond donors (Lipinski definition) is 0. The molecule has 1 aromatic heterocycles. The average Bonchev–Trinajstić information content (AvgIpc) is 3.17. The highest BCUT2D eigenvalue weighted by atomic mass is 16.6. The molecule has 0 aliphatic carbocycles. The fourth-order valence-corrected chi connectivity index (χ4v) is 3.54. The van der Waals surface area contributed by atoms with Crippen molar-refractivity contribution in [3.05, 3.63) is 54.9 Å². The third-order valence-electron chi connectivity index (χ3n) is 4.83. The zero-order valence-electron chi connectivity index (χ0n) is 16.1. The second-order valence-corrected chi connectivity index (χ2v) is 6.57. The third-order valence-corrected chi connectivity index (χ3v) is 4.83. The number of methoxy groups -OCH3 is 2. The molecule has 6 nitrogen and oxygen atoms in total. The summed E-state index contributed by atoms with van der Waals surface area (Å²) in [6.07, 6.45) is 1.83. The Morgan fingerprint density at radius 1 is 1.00 bits per heavy atom. The molecule has 1 saturated heterocycles. The van der Waals surface area contributed by atoms with E-state index in [0.29, 0.717) is 26.4 Å². The first-order chi connectivity index (χ1) is 13.8. The fraction of sp³-hybridized carbons (Fsp3) is 0.318. The summed E-state index contributed by atoms with van der Waals surface area (Å²) in [6.45, 7) is 2.46. The topological polar surface area (TPSA) is 54.7 Å². The number of imidazole rings is 1. The van der Waals surface area contributed by atoms with Gasteiger partial charge < -0.3 is 23.5 Å². The van der Waals surface area contributed by atoms with Crippen molar-refractivity contribution < 1.29 is 18.9 Å². The second kappa shape index (κ2) is 8.46. The number of aromatic nitrogens is 2. The van der Waals surface area contributed by atoms with E-state index in [4.69, 9.17) is 23.9 Å². The van der Waals surface area contributed by atoms with Crippen molar-refractivity contribution >= 4 is 0 Å². The molecule has 1 atom stereocenters. The maximum atomic E-state index is 5.86. The van der Waals surface area contributed by atoms with Crippen LogP contribution < -0.4 is 9.47 Å². The highest BCUT2D eigenvalue weighted by Crippen LogP contribution is 2.42. The Kier molecular flexibility index (Phi) is 5.60. The lowest BCUT2D eigenvalue weighted by molar-refractivity contribution is -0.0934. The van der Waals surface area contributed by atoms with Crippen molar-refractivity contribution in [2.45, 2.75) is 12.6 Å². The first-order valence-electron chi connectivity index (χ1n) is 9.33. The summed E-state index contributed by atoms with van der Waals surface area (Å²) in [5, 5.41) is 0. The summed E-state index contributed by atoms with van der Waals surface area (Å²) in [5.74, 6) is 1.47. The van der Waals surface area contributed by atoms with Crippen LogP contribution in [0.3, 0.4) is 0 Å². The van der Waals surface area contributed by atoms with E-state index < -0.39 is 0 Å². The van der Waals surface area contributed by atoms with Crippen LogP contribution in [0.15, 0.2) is 54.9 Å². The normalized spacial score (nSPS) is 16.7. The molecular formula is C22H24N2O4. The Morgan fingerprint density at radius 2 is 1.75 bits per heavy atom. The largest absolute Gasteiger partial charge is 0.496 e. The molecule has 0 spiro atoms. The lowest BCUT2D eigenvalue weighted by Gasteiger charge is -2.24. The Balaban J connectivity index is 1.87. The minimum atomic E-state index is -0.0222. The lowest BCUT2D eigenvalue weighted by Crippen LogP contribution is -2.32. The summed E-state index contributed by atoms with van der Waals surface area (Å²) in [6, 6.07) is 15.9. The Morgan fingerprint density at radius 3 is 2.39 bits per heavy atom. The molecule has 3 aromatic rings. The molecule has 0 radical (unpaired) electrons. The fourth-order valence-electron chi connectivity index (χ4n) is 3.54. The Hall–Kier alpha value is -2.83. The molecule has 0 unspecified atom stereocenters. The summed E-state index contributed by atoms with van der Waals surface area (Å²) in [7, 11) is 3.33. The lowest BCUT2D eigenvalue weighted by atomic mass is 10.0. The first kappa shape index (κ1) is 18.5. The van der Waals surface area contributed by atoms with E-state index >= 15 is 0 Å². The summed E-state index contributed by atoms with van der Waals surface area (Å²) >= 11 is 0. The molecule has 2 aromatic carbocycles. The quantitative estimate of drug-likeness (QED) is 0.653. The molecule has 4 rings (SSSR count). The predicted octanol–water partition coefficient (Wildman–Crippen LogP) is 3.65. The molecule has 0 bridgehead atoms. The van der Waals surface area contributed by atoms with Crippen LogP contribution in [0.1, 0.15) is 0 Å². The summed E-state index contributed by atoms with van der Waals surface area (Å²) in [4.78, 5) is 4.73. The van der Waals surface area contributed by atoms with E-state index in [1.807, 2.05) is 42.7 Å². The third kappa shape index (κ3) is 3.61. The summed E-state index contributed by atoms with van der Waals surface area (Å²) in [5.41, 5.74) is 3.72. The number of benzene rings is 2. The van der Waals surface area contributed by atoms with E-state index in [1.54, 1.807) is 14.2 Å². The van der Waals surface area contributed by atoms with E-state index in [2.05, 4.69) is 16.7 Å². The highest BCUT2D eigenvalue weighted by Gasteiger charge is 2.24. The van der Waals surface area contributed by atoms with Crippen molar-refractivity contribution in [2.24, 2.45) is 0 Å². The molecule has 0 N–H and O–H groups in total. The number of hydrogen-bond acceptors (Lipinski definition) is 5. The van der Waals surface area contributed by atoms with Gasteiger partial charge in [-0.1, -0.05) is 36.4 Å². The van der Waals surface area contributed by atoms with Crippen LogP contribution in [0, 0.1) is 0 Å². The van der Waals surface area contributed by atoms with Crippen molar-refractivity contribution in [3.8, 4) is 34.0 Å². The molecule has 0 amide bonds. The maximum absolute atomic E-state index is 5.86. The van der Waals surface area contributed by atoms with Gasteiger partial charge in [0.25, 0.3) is 0 Å². The highest BCUT2D eigenvalue weighted by molar-refractivity contribution is 5.85. The molecule has 1 aliphatic heterocycles. The molecule has 1 aliphatic rings. The monoisotopic (exact) mass is 380 g/mol. The van der Waals surface area contributed by atoms with E-state index in [1.165, 1.54) is 0 Å². The minimum absolute atomic E-state index is 0.0222. The molecule has 146 valence electrons. The SMILES string of the molecule is COc1cccc(OC)c1-c1c(-c2ccccc2)ncn1C[C@@H]1COCCO1. The van der Waals surface area contributed by atoms with Gasteiger partial charge in [-0.25, -0.2) is 4.98 Å². The van der Waals surface area contributed by atoms with Gasteiger partial charge in [-0.2, -0.15) is 0 Å². The van der Waals surface area contributed by atoms with Gasteiger partial charge in [0.15, 0.2) is 0 Å². The van der Waals surface area contributed by atoms with Crippen molar-refractivity contribution in [2.75, 3.05) is 34.0 Å². The number of rotatable bonds is 6. The van der Waals surface area contributed by atoms with Gasteiger partial charge in [0.05, 0.1) is 70.0 Å². The van der Waals surface area contributed by atoms with Crippen LogP contribution in [-0.2, 0) is 16.0 Å². The van der Waals surface area contributed by atoms with Gasteiger partial charge in [0.1, 0.15) is 11.5 Å². The average molecular weight is 380 g/mol. The standard InChI is InChI=1S/C22H24N2O4/c1-25-18-9-6-10-19(26-2)20(18)22-21(16-7-4-3-5-8-16)23-15-24(22)13-17-14-27-11-12-28-17/h3-10,15,17H,11-14H2,1-2H3/t17-/m1/s1. The molecule has 2 heterocycles. The minimum Gasteiger partial charge on any atom is -0.496 e. The first-order valence-corrected chi connectivity index (χ1v) is 9.33. The summed E-state index contributed by atoms with van der Waals surface area (Å²) < 4.78 is 24.9. The molecule has 6 heteroatoms. The van der Waals surface area contributed by atoms with Crippen LogP contribution in [0.2, 0.25) is 0 Å². The van der Waals surface area contributed by atoms with Gasteiger partial charge in [-0.05, 0) is 12.1 Å². The predicted molar refractivity (Wildman–Crippen MR) is 107 cm³/mol. The van der Waals surface area contributed by atoms with Gasteiger partial charge in [0, 0.05) is 5.56 Å². The van der Waals surface area contributed by atoms with Gasteiger partial charge in [-0.15, -0.1) is 0 Å². The van der Waals surface area contributed by atoms with E-state index in [0.717, 1.165) is 34.0 Å². The van der Waals surface area contributed by atoms with Crippen LogP contribution in [0.4, 0.5) is 0 Å². The number of ether oxygens (including phenoxy) is 4.